The number of carbonyl (C=O) groups is 1. The molecule has 2 fully saturated rings. The number of hydrogen-bond acceptors (Lipinski definition) is 5. The highest BCUT2D eigenvalue weighted by Gasteiger charge is 2.45. The van der Waals surface area contributed by atoms with Crippen LogP contribution in [0.5, 0.6) is 5.75 Å². The second kappa shape index (κ2) is 8.91. The van der Waals surface area contributed by atoms with Crippen LogP contribution in [0.4, 0.5) is 5.13 Å². The maximum Gasteiger partial charge on any atom is 0.233 e. The zero-order valence-electron chi connectivity index (χ0n) is 18.3. The molecule has 1 amide bonds. The third kappa shape index (κ3) is 3.95. The van der Waals surface area contributed by atoms with E-state index in [2.05, 4.69) is 15.9 Å². The van der Waals surface area contributed by atoms with Crippen LogP contribution in [0.25, 0.3) is 10.2 Å². The normalized spacial score (nSPS) is 18.3. The smallest absolute Gasteiger partial charge is 0.233 e. The molecule has 1 saturated heterocycles. The van der Waals surface area contributed by atoms with Gasteiger partial charge in [-0.25, -0.2) is 4.98 Å². The van der Waals surface area contributed by atoms with Gasteiger partial charge in [-0.2, -0.15) is 0 Å². The average Bonchev–Trinajstić information content (AvgIpc) is 3.47. The van der Waals surface area contributed by atoms with E-state index in [4.69, 9.17) is 21.3 Å². The number of rotatable bonds is 5. The van der Waals surface area contributed by atoms with Crippen molar-refractivity contribution in [2.24, 2.45) is 0 Å². The lowest BCUT2D eigenvalue weighted by molar-refractivity contribution is -0.137. The van der Waals surface area contributed by atoms with E-state index in [1.165, 1.54) is 0 Å². The molecule has 5 nitrogen and oxygen atoms in total. The maximum absolute atomic E-state index is 13.7. The van der Waals surface area contributed by atoms with E-state index in [0.29, 0.717) is 11.6 Å². The van der Waals surface area contributed by atoms with E-state index >= 15 is 0 Å². The Labute approximate surface area is 197 Å². The number of piperazine rings is 1. The van der Waals surface area contributed by atoms with Crippen molar-refractivity contribution < 1.29 is 9.53 Å². The molecular weight excluding hydrogens is 442 g/mol. The summed E-state index contributed by atoms with van der Waals surface area (Å²) in [6, 6.07) is 14.0. The van der Waals surface area contributed by atoms with Gasteiger partial charge in [0.25, 0.3) is 0 Å². The molecular formula is C25H28ClN3O2S. The summed E-state index contributed by atoms with van der Waals surface area (Å²) in [4.78, 5) is 22.9. The van der Waals surface area contributed by atoms with Crippen LogP contribution in [-0.4, -0.2) is 48.6 Å². The fourth-order valence-electron chi connectivity index (χ4n) is 5.06. The van der Waals surface area contributed by atoms with E-state index < -0.39 is 5.41 Å². The molecule has 3 aromatic rings. The van der Waals surface area contributed by atoms with Gasteiger partial charge in [-0.1, -0.05) is 47.9 Å². The quantitative estimate of drug-likeness (QED) is 0.494. The second-order valence-corrected chi connectivity index (χ2v) is 10.1. The molecule has 7 heteroatoms. The predicted molar refractivity (Wildman–Crippen MR) is 131 cm³/mol. The molecule has 0 radical (unpaired) electrons. The van der Waals surface area contributed by atoms with Gasteiger partial charge in [0, 0.05) is 31.2 Å². The molecule has 1 aliphatic carbocycles. The zero-order chi connectivity index (χ0) is 22.1. The monoisotopic (exact) mass is 469 g/mol. The molecule has 32 heavy (non-hydrogen) atoms. The van der Waals surface area contributed by atoms with Gasteiger partial charge >= 0.3 is 0 Å². The third-order valence-corrected chi connectivity index (χ3v) is 8.09. The van der Waals surface area contributed by atoms with Crippen molar-refractivity contribution in [3.63, 3.8) is 0 Å². The molecule has 1 saturated carbocycles. The first kappa shape index (κ1) is 21.5. The van der Waals surface area contributed by atoms with Crippen molar-refractivity contribution in [2.75, 3.05) is 37.7 Å². The van der Waals surface area contributed by atoms with Gasteiger partial charge in [0.05, 0.1) is 22.2 Å². The summed E-state index contributed by atoms with van der Waals surface area (Å²) in [7, 11) is 0. The van der Waals surface area contributed by atoms with E-state index in [1.54, 1.807) is 11.3 Å². The number of nitrogens with zero attached hydrogens (tertiary/aromatic N) is 3. The Hall–Kier alpha value is -2.31. The molecule has 2 aromatic carbocycles. The lowest BCUT2D eigenvalue weighted by atomic mass is 9.77. The van der Waals surface area contributed by atoms with Crippen LogP contribution in [0.2, 0.25) is 5.02 Å². The number of thiazole rings is 1. The van der Waals surface area contributed by atoms with Crippen molar-refractivity contribution >= 4 is 44.2 Å². The Kier molecular flexibility index (Phi) is 5.99. The average molecular weight is 470 g/mol. The van der Waals surface area contributed by atoms with Crippen molar-refractivity contribution in [2.45, 2.75) is 38.0 Å². The van der Waals surface area contributed by atoms with Gasteiger partial charge < -0.3 is 14.5 Å². The Morgan fingerprint density at radius 2 is 1.81 bits per heavy atom. The Morgan fingerprint density at radius 3 is 2.50 bits per heavy atom. The van der Waals surface area contributed by atoms with Gasteiger partial charge in [-0.3, -0.25) is 4.79 Å². The summed E-state index contributed by atoms with van der Waals surface area (Å²) in [6.45, 7) is 5.72. The molecule has 0 bridgehead atoms. The SMILES string of the molecule is CCOc1ccc2nc(N3CCN(C(=O)C4(c5ccc(Cl)cc5)CCCC4)CC3)sc2c1. The first-order chi connectivity index (χ1) is 15.6. The van der Waals surface area contributed by atoms with Crippen molar-refractivity contribution in [1.29, 1.82) is 0 Å². The molecule has 168 valence electrons. The van der Waals surface area contributed by atoms with E-state index in [1.807, 2.05) is 43.3 Å². The minimum Gasteiger partial charge on any atom is -0.494 e. The Morgan fingerprint density at radius 1 is 1.09 bits per heavy atom. The van der Waals surface area contributed by atoms with Crippen LogP contribution in [0.3, 0.4) is 0 Å². The molecule has 2 heterocycles. The molecule has 0 spiro atoms. The van der Waals surface area contributed by atoms with Crippen LogP contribution in [0.1, 0.15) is 38.2 Å². The molecule has 0 atom stereocenters. The van der Waals surface area contributed by atoms with Crippen LogP contribution >= 0.6 is 22.9 Å². The number of aromatic nitrogens is 1. The number of anilines is 1. The zero-order valence-corrected chi connectivity index (χ0v) is 19.9. The number of halogens is 1. The van der Waals surface area contributed by atoms with Gasteiger partial charge in [-0.05, 0) is 55.7 Å². The Bertz CT molecular complexity index is 1100. The summed E-state index contributed by atoms with van der Waals surface area (Å²) in [6.07, 6.45) is 4.05. The lowest BCUT2D eigenvalue weighted by Gasteiger charge is -2.40. The molecule has 2 aliphatic rings. The highest BCUT2D eigenvalue weighted by molar-refractivity contribution is 7.22. The van der Waals surface area contributed by atoms with E-state index in [0.717, 1.165) is 78.5 Å². The topological polar surface area (TPSA) is 45.7 Å². The highest BCUT2D eigenvalue weighted by Crippen LogP contribution is 2.43. The highest BCUT2D eigenvalue weighted by atomic mass is 35.5. The number of fused-ring (bicyclic) bond motifs is 1. The van der Waals surface area contributed by atoms with Gasteiger partial charge in [0.15, 0.2) is 5.13 Å². The van der Waals surface area contributed by atoms with Crippen LogP contribution in [0.15, 0.2) is 42.5 Å². The number of amides is 1. The lowest BCUT2D eigenvalue weighted by Crippen LogP contribution is -2.54. The minimum absolute atomic E-state index is 0.280. The first-order valence-corrected chi connectivity index (χ1v) is 12.6. The van der Waals surface area contributed by atoms with Crippen molar-refractivity contribution in [1.82, 2.24) is 9.88 Å². The molecule has 1 aromatic heterocycles. The fourth-order valence-corrected chi connectivity index (χ4v) is 6.23. The van der Waals surface area contributed by atoms with Crippen molar-refractivity contribution in [3.05, 3.63) is 53.1 Å². The summed E-state index contributed by atoms with van der Waals surface area (Å²) in [5.74, 6) is 1.16. The third-order valence-electron chi connectivity index (χ3n) is 6.76. The standard InChI is InChI=1S/C25H28ClN3O2S/c1-2-31-20-9-10-21-22(17-20)32-24(27-21)29-15-13-28(14-16-29)23(30)25(11-3-4-12-25)18-5-7-19(26)8-6-18/h5-10,17H,2-4,11-16H2,1H3. The first-order valence-electron chi connectivity index (χ1n) is 11.4. The minimum atomic E-state index is -0.391. The molecule has 0 N–H and O–H groups in total. The van der Waals surface area contributed by atoms with Gasteiger partial charge in [0.1, 0.15) is 5.75 Å². The second-order valence-electron chi connectivity index (χ2n) is 8.63. The number of carbonyl (C=O) groups excluding carboxylic acids is 1. The van der Waals surface area contributed by atoms with E-state index in [9.17, 15) is 4.79 Å². The van der Waals surface area contributed by atoms with Gasteiger partial charge in [0.2, 0.25) is 5.91 Å². The van der Waals surface area contributed by atoms with Gasteiger partial charge in [-0.15, -0.1) is 0 Å². The predicted octanol–water partition coefficient (Wildman–Crippen LogP) is 5.51. The van der Waals surface area contributed by atoms with E-state index in [-0.39, 0.29) is 5.91 Å². The van der Waals surface area contributed by atoms with Crippen molar-refractivity contribution in [3.8, 4) is 5.75 Å². The molecule has 0 unspecified atom stereocenters. The fraction of sp³-hybridized carbons (Fsp3) is 0.440. The van der Waals surface area contributed by atoms with Crippen LogP contribution in [-0.2, 0) is 10.2 Å². The summed E-state index contributed by atoms with van der Waals surface area (Å²) < 4.78 is 6.76. The van der Waals surface area contributed by atoms with Crippen LogP contribution in [0, 0.1) is 0 Å². The maximum atomic E-state index is 13.7. The number of benzene rings is 2. The number of ether oxygens (including phenoxy) is 1. The summed E-state index contributed by atoms with van der Waals surface area (Å²) >= 11 is 7.80. The summed E-state index contributed by atoms with van der Waals surface area (Å²) in [5.41, 5.74) is 1.72. The van der Waals surface area contributed by atoms with Crippen LogP contribution < -0.4 is 9.64 Å². The molecule has 5 rings (SSSR count). The Balaban J connectivity index is 1.30. The molecule has 1 aliphatic heterocycles. The largest absolute Gasteiger partial charge is 0.494 e. The number of hydrogen-bond donors (Lipinski definition) is 0. The summed E-state index contributed by atoms with van der Waals surface area (Å²) in [5, 5.41) is 1.74.